The number of urea groups is 1. The van der Waals surface area contributed by atoms with E-state index in [-0.39, 0.29) is 45.8 Å². The van der Waals surface area contributed by atoms with Gasteiger partial charge in [0.05, 0.1) is 43.8 Å². The largest absolute Gasteiger partial charge is 0.377 e. The predicted molar refractivity (Wildman–Crippen MR) is 159 cm³/mol. The van der Waals surface area contributed by atoms with E-state index in [0.717, 1.165) is 25.0 Å². The van der Waals surface area contributed by atoms with Gasteiger partial charge in [0.2, 0.25) is 11.8 Å². The third kappa shape index (κ3) is 12.5. The fraction of sp³-hybridized carbons (Fsp3) is 0.880. The van der Waals surface area contributed by atoms with E-state index in [1.165, 1.54) is 0 Å². The fourth-order valence-electron chi connectivity index (χ4n) is 3.97. The summed E-state index contributed by atoms with van der Waals surface area (Å²) in [5.41, 5.74) is 5.79. The van der Waals surface area contributed by atoms with Crippen molar-refractivity contribution in [2.24, 2.45) is 11.7 Å². The Morgan fingerprint density at radius 2 is 1.79 bits per heavy atom. The first-order valence-electron chi connectivity index (χ1n) is 13.6. The zero-order valence-electron chi connectivity index (χ0n) is 23.2. The van der Waals surface area contributed by atoms with Gasteiger partial charge in [-0.2, -0.15) is 11.8 Å². The van der Waals surface area contributed by atoms with Crippen molar-refractivity contribution >= 4 is 51.2 Å². The highest BCUT2D eigenvalue weighted by Crippen LogP contribution is 2.40. The molecule has 220 valence electrons. The second-order valence-electron chi connectivity index (χ2n) is 10.5. The van der Waals surface area contributed by atoms with Crippen molar-refractivity contribution in [3.8, 4) is 0 Å². The number of fused-ring (bicyclic) bond motifs is 1. The number of hydrogen-bond acceptors (Lipinski definition) is 9. The van der Waals surface area contributed by atoms with Gasteiger partial charge in [0, 0.05) is 41.8 Å². The van der Waals surface area contributed by atoms with E-state index in [4.69, 9.17) is 15.2 Å². The molecule has 10 nitrogen and oxygen atoms in total. The summed E-state index contributed by atoms with van der Waals surface area (Å²) in [4.78, 5) is 36.0. The van der Waals surface area contributed by atoms with Crippen LogP contribution in [-0.4, -0.2) is 97.0 Å². The van der Waals surface area contributed by atoms with E-state index in [1.54, 1.807) is 21.6 Å². The molecule has 0 radical (unpaired) electrons. The minimum Gasteiger partial charge on any atom is -0.377 e. The second kappa shape index (κ2) is 17.8. The molecule has 2 heterocycles. The number of rotatable bonds is 20. The van der Waals surface area contributed by atoms with Crippen molar-refractivity contribution in [3.63, 3.8) is 0 Å². The van der Waals surface area contributed by atoms with Gasteiger partial charge in [-0.25, -0.2) is 4.79 Å². The maximum absolute atomic E-state index is 12.5. The van der Waals surface area contributed by atoms with Gasteiger partial charge in [-0.3, -0.25) is 9.59 Å². The number of ether oxygens (including phenoxy) is 2. The molecular weight excluding hydrogens is 547 g/mol. The molecule has 0 aromatic carbocycles. The molecule has 2 aliphatic heterocycles. The Morgan fingerprint density at radius 3 is 2.45 bits per heavy atom. The van der Waals surface area contributed by atoms with E-state index in [1.807, 2.05) is 25.6 Å². The van der Waals surface area contributed by atoms with Crippen molar-refractivity contribution in [1.29, 1.82) is 0 Å². The van der Waals surface area contributed by atoms with Crippen LogP contribution in [0.15, 0.2) is 0 Å². The standard InChI is InChI=1S/C25H47N5O5S3/c1-17(2)22(37-38-25(3,4)16-26)23(32)28-10-12-35-14-13-34-11-9-27-20(31)8-6-5-7-19-21-18(15-36-19)29-24(33)30-21/h17-19,21-22H,5-16,26H2,1-4H3,(H,27,31)(H,28,32)(H2,29,30,33)/t18-,19?,21-,22?/m1/s1. The highest BCUT2D eigenvalue weighted by Gasteiger charge is 2.42. The Hall–Kier alpha value is -0.860. The van der Waals surface area contributed by atoms with Crippen molar-refractivity contribution in [2.75, 3.05) is 51.8 Å². The smallest absolute Gasteiger partial charge is 0.315 e. The molecule has 2 unspecified atom stereocenters. The van der Waals surface area contributed by atoms with E-state index < -0.39 is 0 Å². The Morgan fingerprint density at radius 1 is 1.11 bits per heavy atom. The monoisotopic (exact) mass is 593 g/mol. The van der Waals surface area contributed by atoms with Crippen LogP contribution in [0.3, 0.4) is 0 Å². The van der Waals surface area contributed by atoms with Gasteiger partial charge in [0.1, 0.15) is 0 Å². The summed E-state index contributed by atoms with van der Waals surface area (Å²) < 4.78 is 11.0. The number of carbonyl (C=O) groups is 3. The molecule has 0 aliphatic carbocycles. The Bertz CT molecular complexity index is 746. The Balaban J connectivity index is 1.39. The lowest BCUT2D eigenvalue weighted by atomic mass is 10.0. The van der Waals surface area contributed by atoms with Crippen LogP contribution < -0.4 is 27.0 Å². The van der Waals surface area contributed by atoms with Crippen molar-refractivity contribution in [1.82, 2.24) is 21.3 Å². The quantitative estimate of drug-likeness (QED) is 0.0815. The highest BCUT2D eigenvalue weighted by atomic mass is 33.1. The summed E-state index contributed by atoms with van der Waals surface area (Å²) in [5, 5.41) is 12.1. The van der Waals surface area contributed by atoms with Crippen LogP contribution in [0.25, 0.3) is 0 Å². The van der Waals surface area contributed by atoms with Crippen molar-refractivity contribution in [3.05, 3.63) is 0 Å². The first-order chi connectivity index (χ1) is 18.1. The lowest BCUT2D eigenvalue weighted by Crippen LogP contribution is -2.38. The minimum absolute atomic E-state index is 0.0200. The van der Waals surface area contributed by atoms with Crippen molar-refractivity contribution in [2.45, 2.75) is 80.7 Å². The van der Waals surface area contributed by atoms with Gasteiger partial charge in [-0.15, -0.1) is 0 Å². The zero-order valence-corrected chi connectivity index (χ0v) is 25.7. The summed E-state index contributed by atoms with van der Waals surface area (Å²) in [5.74, 6) is 1.24. The molecule has 0 saturated carbocycles. The Kier molecular flexibility index (Phi) is 15.6. The minimum atomic E-state index is -0.142. The number of carbonyl (C=O) groups excluding carboxylic acids is 3. The average molecular weight is 594 g/mol. The number of nitrogens with one attached hydrogen (secondary N) is 4. The molecule has 38 heavy (non-hydrogen) atoms. The van der Waals surface area contributed by atoms with Gasteiger partial charge in [0.25, 0.3) is 0 Å². The summed E-state index contributed by atoms with van der Waals surface area (Å²) in [6.45, 7) is 11.5. The van der Waals surface area contributed by atoms with E-state index in [0.29, 0.717) is 57.7 Å². The van der Waals surface area contributed by atoms with Gasteiger partial charge >= 0.3 is 6.03 Å². The van der Waals surface area contributed by atoms with Gasteiger partial charge in [-0.05, 0) is 32.6 Å². The molecule has 2 aliphatic rings. The first-order valence-corrected chi connectivity index (χ1v) is 16.8. The second-order valence-corrected chi connectivity index (χ2v) is 14.9. The summed E-state index contributed by atoms with van der Waals surface area (Å²) >= 11 is 1.90. The third-order valence-electron chi connectivity index (χ3n) is 6.30. The van der Waals surface area contributed by atoms with Crippen LogP contribution in [-0.2, 0) is 19.1 Å². The summed E-state index contributed by atoms with van der Waals surface area (Å²) in [6, 6.07) is 0.411. The summed E-state index contributed by atoms with van der Waals surface area (Å²) in [6.07, 6.45) is 3.33. The third-order valence-corrected chi connectivity index (χ3v) is 11.8. The maximum Gasteiger partial charge on any atom is 0.315 e. The molecule has 2 saturated heterocycles. The lowest BCUT2D eigenvalue weighted by molar-refractivity contribution is -0.122. The van der Waals surface area contributed by atoms with Crippen LogP contribution in [0, 0.1) is 5.92 Å². The molecular formula is C25H47N5O5S3. The van der Waals surface area contributed by atoms with Crippen LogP contribution >= 0.6 is 33.3 Å². The van der Waals surface area contributed by atoms with Gasteiger partial charge < -0.3 is 36.5 Å². The van der Waals surface area contributed by atoms with E-state index in [2.05, 4.69) is 35.1 Å². The number of nitrogens with two attached hydrogens (primary N) is 1. The molecule has 2 rings (SSSR count). The molecule has 0 aromatic heterocycles. The Labute approximate surface area is 240 Å². The SMILES string of the molecule is CC(C)C(SSC(C)(C)CN)C(=O)NCCOCCOCCNC(=O)CCCCC1SC[C@H]2NC(=O)N[C@@H]12. The van der Waals surface area contributed by atoms with Crippen LogP contribution in [0.4, 0.5) is 4.79 Å². The molecule has 6 N–H and O–H groups in total. The molecule has 0 spiro atoms. The molecule has 4 amide bonds. The normalized spacial score (nSPS) is 21.6. The lowest BCUT2D eigenvalue weighted by Gasteiger charge is -2.25. The molecule has 0 bridgehead atoms. The van der Waals surface area contributed by atoms with Crippen molar-refractivity contribution < 1.29 is 23.9 Å². The predicted octanol–water partition coefficient (Wildman–Crippen LogP) is 2.12. The van der Waals surface area contributed by atoms with Crippen LogP contribution in [0.2, 0.25) is 0 Å². The van der Waals surface area contributed by atoms with E-state index >= 15 is 0 Å². The molecule has 13 heteroatoms. The fourth-order valence-corrected chi connectivity index (χ4v) is 8.56. The number of hydrogen-bond donors (Lipinski definition) is 5. The zero-order chi connectivity index (χ0) is 28.0. The van der Waals surface area contributed by atoms with Crippen LogP contribution in [0.5, 0.6) is 0 Å². The van der Waals surface area contributed by atoms with E-state index in [9.17, 15) is 14.4 Å². The number of amides is 4. The highest BCUT2D eigenvalue weighted by molar-refractivity contribution is 8.77. The van der Waals surface area contributed by atoms with Gasteiger partial charge in [-0.1, -0.05) is 41.9 Å². The molecule has 4 atom stereocenters. The summed E-state index contributed by atoms with van der Waals surface area (Å²) in [7, 11) is 3.24. The number of thioether (sulfide) groups is 1. The van der Waals surface area contributed by atoms with Gasteiger partial charge in [0.15, 0.2) is 0 Å². The number of unbranched alkanes of at least 4 members (excludes halogenated alkanes) is 1. The van der Waals surface area contributed by atoms with Crippen LogP contribution in [0.1, 0.15) is 53.4 Å². The first kappa shape index (κ1) is 33.3. The molecule has 0 aromatic rings. The molecule has 2 fully saturated rings. The average Bonchev–Trinajstić information content (AvgIpc) is 3.42. The topological polar surface area (TPSA) is 144 Å². The maximum atomic E-state index is 12.5.